The van der Waals surface area contributed by atoms with E-state index in [1.807, 2.05) is 68.4 Å². The Morgan fingerprint density at radius 3 is 2.29 bits per heavy atom. The smallest absolute Gasteiger partial charge is 0.243 e. The molecule has 10 nitrogen and oxygen atoms in total. The highest BCUT2D eigenvalue weighted by Gasteiger charge is 2.31. The lowest BCUT2D eigenvalue weighted by molar-refractivity contribution is -0.128. The maximum Gasteiger partial charge on any atom is 0.243 e. The molecule has 48 heavy (non-hydrogen) atoms. The number of methoxy groups -OCH3 is 1. The summed E-state index contributed by atoms with van der Waals surface area (Å²) in [5.74, 6) is 0.0582. The molecular weight excluding hydrogens is 628 g/mol. The molecule has 0 unspecified atom stereocenters. The van der Waals surface area contributed by atoms with Gasteiger partial charge in [-0.2, -0.15) is 4.31 Å². The third kappa shape index (κ3) is 9.79. The summed E-state index contributed by atoms with van der Waals surface area (Å²) in [5.41, 5.74) is 7.93. The molecule has 11 heteroatoms. The van der Waals surface area contributed by atoms with Crippen LogP contribution in [0.25, 0.3) is 10.8 Å². The molecule has 0 radical (unpaired) electrons. The van der Waals surface area contributed by atoms with Crippen LogP contribution in [-0.2, 0) is 32.5 Å². The molecule has 0 fully saturated rings. The molecule has 0 aliphatic heterocycles. The number of carbonyl (C=O) groups is 2. The first-order valence-corrected chi connectivity index (χ1v) is 17.6. The standard InChI is InChI=1S/C37H46N4O6S/c1-26(2)24-41(48(45,46)33-19-15-30(38)16-20-33)31(25-42)11-7-21-39-37(44)35(23-29-10-6-9-28-8-4-5-12-34(28)29)40-36(43)22-27-13-17-32(47-3)18-14-27/h4-6,8-10,12-20,26,31,35,42H,7,11,21-25,38H2,1-3H3,(H,39,44)(H,40,43)/t31-,35-/m0/s1. The van der Waals surface area contributed by atoms with E-state index in [-0.39, 0.29) is 55.2 Å². The zero-order valence-electron chi connectivity index (χ0n) is 27.8. The van der Waals surface area contributed by atoms with Crippen LogP contribution in [0.4, 0.5) is 5.69 Å². The van der Waals surface area contributed by atoms with E-state index < -0.39 is 22.1 Å². The van der Waals surface area contributed by atoms with Gasteiger partial charge in [-0.3, -0.25) is 9.59 Å². The average Bonchev–Trinajstić information content (AvgIpc) is 3.07. The molecular formula is C37H46N4O6S. The summed E-state index contributed by atoms with van der Waals surface area (Å²) in [6.45, 7) is 3.91. The molecule has 0 aliphatic rings. The molecule has 2 atom stereocenters. The van der Waals surface area contributed by atoms with Crippen LogP contribution in [0, 0.1) is 5.92 Å². The number of aliphatic hydroxyl groups is 1. The van der Waals surface area contributed by atoms with Crippen molar-refractivity contribution in [3.63, 3.8) is 0 Å². The quantitative estimate of drug-likeness (QED) is 0.0963. The number of amides is 2. The zero-order valence-corrected chi connectivity index (χ0v) is 28.6. The Hall–Kier alpha value is -4.45. The predicted molar refractivity (Wildman–Crippen MR) is 189 cm³/mol. The number of aliphatic hydroxyl groups excluding tert-OH is 1. The molecule has 0 aliphatic carbocycles. The summed E-state index contributed by atoms with van der Waals surface area (Å²) < 4.78 is 33.7. The van der Waals surface area contributed by atoms with Crippen LogP contribution < -0.4 is 21.1 Å². The molecule has 2 amide bonds. The summed E-state index contributed by atoms with van der Waals surface area (Å²) >= 11 is 0. The van der Waals surface area contributed by atoms with Crippen LogP contribution in [0.3, 0.4) is 0 Å². The lowest BCUT2D eigenvalue weighted by Crippen LogP contribution is -2.49. The molecule has 4 rings (SSSR count). The van der Waals surface area contributed by atoms with Crippen molar-refractivity contribution in [1.82, 2.24) is 14.9 Å². The Bertz CT molecular complexity index is 1760. The fourth-order valence-corrected chi connectivity index (χ4v) is 7.46. The Morgan fingerprint density at radius 1 is 0.938 bits per heavy atom. The molecule has 4 aromatic carbocycles. The molecule has 0 saturated heterocycles. The Labute approximate surface area is 283 Å². The van der Waals surface area contributed by atoms with Gasteiger partial charge in [-0.1, -0.05) is 68.4 Å². The van der Waals surface area contributed by atoms with E-state index in [4.69, 9.17) is 10.5 Å². The van der Waals surface area contributed by atoms with Gasteiger partial charge in [0.1, 0.15) is 11.8 Å². The summed E-state index contributed by atoms with van der Waals surface area (Å²) in [6.07, 6.45) is 1.09. The van der Waals surface area contributed by atoms with E-state index in [0.29, 0.717) is 24.3 Å². The monoisotopic (exact) mass is 674 g/mol. The lowest BCUT2D eigenvalue weighted by Gasteiger charge is -2.31. The van der Waals surface area contributed by atoms with Gasteiger partial charge in [0.2, 0.25) is 21.8 Å². The fraction of sp³-hybridized carbons (Fsp3) is 0.351. The van der Waals surface area contributed by atoms with Crippen LogP contribution in [0.15, 0.2) is 95.9 Å². The minimum atomic E-state index is -3.91. The molecule has 0 saturated carbocycles. The van der Waals surface area contributed by atoms with E-state index >= 15 is 0 Å². The summed E-state index contributed by atoms with van der Waals surface area (Å²) in [5, 5.41) is 18.2. The number of sulfonamides is 1. The van der Waals surface area contributed by atoms with Crippen LogP contribution in [0.2, 0.25) is 0 Å². The van der Waals surface area contributed by atoms with Gasteiger partial charge in [-0.05, 0) is 77.1 Å². The van der Waals surface area contributed by atoms with Crippen molar-refractivity contribution in [3.8, 4) is 5.75 Å². The van der Waals surface area contributed by atoms with Gasteiger partial charge in [0.15, 0.2) is 0 Å². The van der Waals surface area contributed by atoms with Crippen molar-refractivity contribution < 1.29 is 27.9 Å². The van der Waals surface area contributed by atoms with Crippen molar-refractivity contribution in [3.05, 3.63) is 102 Å². The highest BCUT2D eigenvalue weighted by Crippen LogP contribution is 2.24. The first-order valence-electron chi connectivity index (χ1n) is 16.2. The highest BCUT2D eigenvalue weighted by molar-refractivity contribution is 7.89. The highest BCUT2D eigenvalue weighted by atomic mass is 32.2. The Kier molecular flexibility index (Phi) is 13.0. The number of rotatable bonds is 17. The van der Waals surface area contributed by atoms with E-state index in [1.54, 1.807) is 19.2 Å². The third-order valence-electron chi connectivity index (χ3n) is 8.14. The van der Waals surface area contributed by atoms with Gasteiger partial charge in [-0.15, -0.1) is 0 Å². The Balaban J connectivity index is 1.45. The SMILES string of the molecule is COc1ccc(CC(=O)N[C@@H](Cc2cccc3ccccc23)C(=O)NCCC[C@@H](CO)N(CC(C)C)S(=O)(=O)c2ccc(N)cc2)cc1. The van der Waals surface area contributed by atoms with Gasteiger partial charge in [0.25, 0.3) is 0 Å². The van der Waals surface area contributed by atoms with Gasteiger partial charge < -0.3 is 26.2 Å². The molecule has 0 bridgehead atoms. The van der Waals surface area contributed by atoms with E-state index in [1.165, 1.54) is 28.6 Å². The van der Waals surface area contributed by atoms with Gasteiger partial charge in [-0.25, -0.2) is 8.42 Å². The normalized spacial score (nSPS) is 13.0. The number of nitrogens with zero attached hydrogens (tertiary/aromatic N) is 1. The van der Waals surface area contributed by atoms with Gasteiger partial charge >= 0.3 is 0 Å². The topological polar surface area (TPSA) is 151 Å². The minimum Gasteiger partial charge on any atom is -0.497 e. The average molecular weight is 675 g/mol. The number of carbonyl (C=O) groups excluding carboxylic acids is 2. The second kappa shape index (κ2) is 17.1. The number of benzene rings is 4. The number of anilines is 1. The van der Waals surface area contributed by atoms with Crippen molar-refractivity contribution >= 4 is 38.3 Å². The molecule has 0 spiro atoms. The maximum absolute atomic E-state index is 13.6. The van der Waals surface area contributed by atoms with E-state index in [2.05, 4.69) is 10.6 Å². The number of hydrogen-bond donors (Lipinski definition) is 4. The molecule has 4 aromatic rings. The number of fused-ring (bicyclic) bond motifs is 1. The van der Waals surface area contributed by atoms with E-state index in [0.717, 1.165) is 21.9 Å². The van der Waals surface area contributed by atoms with Crippen LogP contribution >= 0.6 is 0 Å². The second-order valence-electron chi connectivity index (χ2n) is 12.3. The van der Waals surface area contributed by atoms with E-state index in [9.17, 15) is 23.1 Å². The van der Waals surface area contributed by atoms with Crippen molar-refractivity contribution in [2.75, 3.05) is 32.5 Å². The van der Waals surface area contributed by atoms with Crippen LogP contribution in [-0.4, -0.2) is 68.5 Å². The first kappa shape index (κ1) is 36.4. The van der Waals surface area contributed by atoms with Crippen molar-refractivity contribution in [2.45, 2.75) is 56.5 Å². The number of nitrogens with two attached hydrogens (primary N) is 1. The summed E-state index contributed by atoms with van der Waals surface area (Å²) in [7, 11) is -2.33. The third-order valence-corrected chi connectivity index (χ3v) is 10.1. The fourth-order valence-electron chi connectivity index (χ4n) is 5.65. The Morgan fingerprint density at radius 2 is 1.62 bits per heavy atom. The number of nitrogen functional groups attached to an aromatic ring is 1. The molecule has 5 N–H and O–H groups in total. The minimum absolute atomic E-state index is 0.0126. The second-order valence-corrected chi connectivity index (χ2v) is 14.2. The van der Waals surface area contributed by atoms with Crippen LogP contribution in [0.1, 0.15) is 37.8 Å². The van der Waals surface area contributed by atoms with Gasteiger partial charge in [0.05, 0.1) is 25.0 Å². The molecule has 256 valence electrons. The number of ether oxygens (including phenoxy) is 1. The van der Waals surface area contributed by atoms with Gasteiger partial charge in [0, 0.05) is 31.2 Å². The van der Waals surface area contributed by atoms with Crippen molar-refractivity contribution in [2.24, 2.45) is 5.92 Å². The molecule has 0 aromatic heterocycles. The lowest BCUT2D eigenvalue weighted by atomic mass is 9.98. The van der Waals surface area contributed by atoms with Crippen LogP contribution in [0.5, 0.6) is 5.75 Å². The predicted octanol–water partition coefficient (Wildman–Crippen LogP) is 4.30. The number of nitrogens with one attached hydrogen (secondary N) is 2. The zero-order chi connectivity index (χ0) is 34.7. The number of hydrogen-bond acceptors (Lipinski definition) is 7. The molecule has 0 heterocycles. The summed E-state index contributed by atoms with van der Waals surface area (Å²) in [4.78, 5) is 26.9. The first-order chi connectivity index (χ1) is 23.0. The largest absolute Gasteiger partial charge is 0.497 e. The van der Waals surface area contributed by atoms with Crippen molar-refractivity contribution in [1.29, 1.82) is 0 Å². The maximum atomic E-state index is 13.6. The summed E-state index contributed by atoms with van der Waals surface area (Å²) in [6, 6.07) is 25.4.